The van der Waals surface area contributed by atoms with E-state index in [-0.39, 0.29) is 0 Å². The van der Waals surface area contributed by atoms with Gasteiger partial charge in [0.2, 0.25) is 5.88 Å². The van der Waals surface area contributed by atoms with E-state index in [2.05, 4.69) is 15.2 Å². The molecule has 0 aliphatic rings. The molecule has 0 bridgehead atoms. The van der Waals surface area contributed by atoms with Gasteiger partial charge in [-0.05, 0) is 30.7 Å². The number of aromatic amines is 1. The van der Waals surface area contributed by atoms with Crippen molar-refractivity contribution in [3.8, 4) is 17.0 Å². The average Bonchev–Trinajstić information content (AvgIpc) is 3.02. The molecule has 3 aromatic rings. The molecule has 2 heterocycles. The fraction of sp³-hybridized carbons (Fsp3) is 0.294. The maximum atomic E-state index is 13.2. The number of rotatable bonds is 5. The molecule has 0 fully saturated rings. The van der Waals surface area contributed by atoms with Gasteiger partial charge in [0.15, 0.2) is 0 Å². The van der Waals surface area contributed by atoms with Crippen LogP contribution in [0.25, 0.3) is 22.0 Å². The molecule has 1 aromatic carbocycles. The molecule has 0 aliphatic carbocycles. The van der Waals surface area contributed by atoms with Crippen molar-refractivity contribution in [1.29, 1.82) is 0 Å². The fourth-order valence-corrected chi connectivity index (χ4v) is 2.57. The molecule has 2 aromatic heterocycles. The quantitative estimate of drug-likeness (QED) is 0.707. The Morgan fingerprint density at radius 3 is 2.60 bits per heavy atom. The lowest BCUT2D eigenvalue weighted by molar-refractivity contribution is -0.137. The number of hydrogen-bond acceptors (Lipinski definition) is 4. The van der Waals surface area contributed by atoms with E-state index in [9.17, 15) is 13.2 Å². The predicted octanol–water partition coefficient (Wildman–Crippen LogP) is 3.98. The maximum absolute atomic E-state index is 13.2. The number of pyridine rings is 1. The number of aromatic nitrogens is 3. The van der Waals surface area contributed by atoms with E-state index in [0.29, 0.717) is 46.8 Å². The Hall–Kier alpha value is -2.61. The second kappa shape index (κ2) is 6.72. The number of alkyl halides is 3. The summed E-state index contributed by atoms with van der Waals surface area (Å²) in [6.45, 7) is 2.49. The molecular formula is C17H16F3N3O2. The van der Waals surface area contributed by atoms with Gasteiger partial charge < -0.3 is 9.47 Å². The Morgan fingerprint density at radius 2 is 1.92 bits per heavy atom. The summed E-state index contributed by atoms with van der Waals surface area (Å²) in [6, 6.07) is 5.50. The van der Waals surface area contributed by atoms with Crippen molar-refractivity contribution in [3.05, 3.63) is 41.7 Å². The Bertz CT molecular complexity index is 890. The van der Waals surface area contributed by atoms with Crippen LogP contribution in [0.15, 0.2) is 30.5 Å². The summed E-state index contributed by atoms with van der Waals surface area (Å²) in [5.74, 6) is 0.397. The molecule has 25 heavy (non-hydrogen) atoms. The molecule has 0 atom stereocenters. The first-order valence-electron chi connectivity index (χ1n) is 7.54. The molecule has 0 unspecified atom stereocenters. The van der Waals surface area contributed by atoms with Crippen molar-refractivity contribution in [2.24, 2.45) is 0 Å². The molecule has 0 spiro atoms. The zero-order chi connectivity index (χ0) is 18.0. The summed E-state index contributed by atoms with van der Waals surface area (Å²) in [5.41, 5.74) is 1.17. The smallest absolute Gasteiger partial charge is 0.416 e. The van der Waals surface area contributed by atoms with Crippen LogP contribution < -0.4 is 4.74 Å². The third-order valence-electron chi connectivity index (χ3n) is 3.77. The van der Waals surface area contributed by atoms with Crippen LogP contribution in [0.2, 0.25) is 0 Å². The molecule has 0 saturated carbocycles. The number of fused-ring (bicyclic) bond motifs is 1. The topological polar surface area (TPSA) is 60.0 Å². The third-order valence-corrected chi connectivity index (χ3v) is 3.77. The number of H-pyrrole nitrogens is 1. The number of methoxy groups -OCH3 is 1. The number of aryl methyl sites for hydroxylation is 1. The first-order valence-corrected chi connectivity index (χ1v) is 7.54. The van der Waals surface area contributed by atoms with Crippen LogP contribution in [-0.4, -0.2) is 35.5 Å². The van der Waals surface area contributed by atoms with E-state index in [1.54, 1.807) is 26.2 Å². The molecule has 132 valence electrons. The van der Waals surface area contributed by atoms with Gasteiger partial charge in [0.05, 0.1) is 23.9 Å². The normalized spacial score (nSPS) is 11.9. The van der Waals surface area contributed by atoms with Crippen molar-refractivity contribution in [3.63, 3.8) is 0 Å². The maximum Gasteiger partial charge on any atom is 0.416 e. The lowest BCUT2D eigenvalue weighted by Crippen LogP contribution is -2.06. The van der Waals surface area contributed by atoms with E-state index in [1.165, 1.54) is 6.20 Å². The molecule has 0 saturated heterocycles. The second-order valence-corrected chi connectivity index (χ2v) is 5.48. The van der Waals surface area contributed by atoms with Crippen molar-refractivity contribution < 1.29 is 22.6 Å². The first-order chi connectivity index (χ1) is 11.9. The lowest BCUT2D eigenvalue weighted by Gasteiger charge is -2.13. The first kappa shape index (κ1) is 17.2. The van der Waals surface area contributed by atoms with Crippen LogP contribution in [0.3, 0.4) is 0 Å². The Labute approximate surface area is 141 Å². The highest BCUT2D eigenvalue weighted by atomic mass is 19.4. The fourth-order valence-electron chi connectivity index (χ4n) is 2.57. The molecule has 0 amide bonds. The molecular weight excluding hydrogens is 335 g/mol. The van der Waals surface area contributed by atoms with E-state index >= 15 is 0 Å². The number of halogens is 3. The van der Waals surface area contributed by atoms with Gasteiger partial charge in [-0.25, -0.2) is 4.98 Å². The van der Waals surface area contributed by atoms with Gasteiger partial charge in [-0.15, -0.1) is 0 Å². The summed E-state index contributed by atoms with van der Waals surface area (Å²) in [6.07, 6.45) is -2.94. The van der Waals surface area contributed by atoms with Crippen LogP contribution in [0.5, 0.6) is 5.88 Å². The van der Waals surface area contributed by atoms with Crippen molar-refractivity contribution in [2.45, 2.75) is 13.1 Å². The molecule has 8 heteroatoms. The van der Waals surface area contributed by atoms with E-state index in [4.69, 9.17) is 9.47 Å². The van der Waals surface area contributed by atoms with Crippen LogP contribution in [0.1, 0.15) is 11.3 Å². The number of hydrogen-bond donors (Lipinski definition) is 1. The Kier molecular flexibility index (Phi) is 4.63. The number of nitrogens with one attached hydrogen (secondary N) is 1. The van der Waals surface area contributed by atoms with E-state index in [0.717, 1.165) is 12.1 Å². The number of benzene rings is 1. The van der Waals surface area contributed by atoms with Gasteiger partial charge in [0.1, 0.15) is 6.61 Å². The lowest BCUT2D eigenvalue weighted by atomic mass is 9.98. The van der Waals surface area contributed by atoms with Gasteiger partial charge in [-0.3, -0.25) is 5.10 Å². The highest BCUT2D eigenvalue weighted by Crippen LogP contribution is 2.37. The highest BCUT2D eigenvalue weighted by molar-refractivity contribution is 5.95. The van der Waals surface area contributed by atoms with Crippen LogP contribution in [-0.2, 0) is 10.9 Å². The third kappa shape index (κ3) is 3.58. The van der Waals surface area contributed by atoms with Crippen molar-refractivity contribution in [1.82, 2.24) is 15.2 Å². The average molecular weight is 351 g/mol. The standard InChI is InChI=1S/C17H16F3N3O2/c1-10-12(3-4-16(22-10)25-6-5-24-2)13-7-11(17(18,19)20)8-15-14(13)9-21-23-15/h3-4,7-9H,5-6H2,1-2H3,(H,21,23). The van der Waals surface area contributed by atoms with Crippen LogP contribution >= 0.6 is 0 Å². The summed E-state index contributed by atoms with van der Waals surface area (Å²) in [5, 5.41) is 7.06. The highest BCUT2D eigenvalue weighted by Gasteiger charge is 2.32. The summed E-state index contributed by atoms with van der Waals surface area (Å²) >= 11 is 0. The van der Waals surface area contributed by atoms with Gasteiger partial charge >= 0.3 is 6.18 Å². The Morgan fingerprint density at radius 1 is 1.12 bits per heavy atom. The molecule has 5 nitrogen and oxygen atoms in total. The minimum absolute atomic E-state index is 0.324. The van der Waals surface area contributed by atoms with Gasteiger partial charge in [-0.1, -0.05) is 0 Å². The minimum atomic E-state index is -4.45. The molecule has 1 N–H and O–H groups in total. The van der Waals surface area contributed by atoms with Crippen LogP contribution in [0, 0.1) is 6.92 Å². The number of ether oxygens (including phenoxy) is 2. The molecule has 0 radical (unpaired) electrons. The predicted molar refractivity (Wildman–Crippen MR) is 86.4 cm³/mol. The van der Waals surface area contributed by atoms with Crippen molar-refractivity contribution >= 4 is 10.9 Å². The summed E-state index contributed by atoms with van der Waals surface area (Å²) in [7, 11) is 1.56. The van der Waals surface area contributed by atoms with Crippen LogP contribution in [0.4, 0.5) is 13.2 Å². The molecule has 0 aliphatic heterocycles. The monoisotopic (exact) mass is 351 g/mol. The van der Waals surface area contributed by atoms with Gasteiger partial charge in [0, 0.05) is 29.8 Å². The Balaban J connectivity index is 2.05. The summed E-state index contributed by atoms with van der Waals surface area (Å²) < 4.78 is 49.9. The number of nitrogens with zero attached hydrogens (tertiary/aromatic N) is 2. The minimum Gasteiger partial charge on any atom is -0.475 e. The summed E-state index contributed by atoms with van der Waals surface area (Å²) in [4.78, 5) is 4.31. The SMILES string of the molecule is COCCOc1ccc(-c2cc(C(F)(F)F)cc3[nH]ncc23)c(C)n1. The largest absolute Gasteiger partial charge is 0.475 e. The van der Waals surface area contributed by atoms with E-state index in [1.807, 2.05) is 0 Å². The molecule has 3 rings (SSSR count). The van der Waals surface area contributed by atoms with Gasteiger partial charge in [0.25, 0.3) is 0 Å². The van der Waals surface area contributed by atoms with Crippen molar-refractivity contribution in [2.75, 3.05) is 20.3 Å². The second-order valence-electron chi connectivity index (χ2n) is 5.48. The van der Waals surface area contributed by atoms with E-state index < -0.39 is 11.7 Å². The zero-order valence-corrected chi connectivity index (χ0v) is 13.6. The van der Waals surface area contributed by atoms with Gasteiger partial charge in [-0.2, -0.15) is 18.3 Å². The zero-order valence-electron chi connectivity index (χ0n) is 13.6.